The minimum Gasteiger partial charge on any atom is -0.495 e. The Morgan fingerprint density at radius 3 is 2.56 bits per heavy atom. The Morgan fingerprint density at radius 2 is 2.00 bits per heavy atom. The normalized spacial score (nSPS) is 11.2. The first-order valence-corrected chi connectivity index (χ1v) is 6.65. The molecule has 2 rings (SSSR count). The van der Waals surface area contributed by atoms with Crippen LogP contribution in [0.4, 0.5) is 0 Å². The number of pyridine rings is 1. The molecule has 0 spiro atoms. The molecule has 1 aromatic carbocycles. The van der Waals surface area contributed by atoms with Crippen LogP contribution in [0.15, 0.2) is 21.4 Å². The van der Waals surface area contributed by atoms with Gasteiger partial charge in [-0.05, 0) is 40.9 Å². The molecule has 0 aliphatic rings. The van der Waals surface area contributed by atoms with Gasteiger partial charge >= 0.3 is 0 Å². The van der Waals surface area contributed by atoms with Crippen LogP contribution >= 0.6 is 15.9 Å². The average molecular weight is 310 g/mol. The summed E-state index contributed by atoms with van der Waals surface area (Å²) in [6, 6.07) is 3.69. The van der Waals surface area contributed by atoms with Crippen molar-refractivity contribution in [2.75, 3.05) is 7.11 Å². The van der Waals surface area contributed by atoms with Crippen molar-refractivity contribution in [1.82, 2.24) is 4.98 Å². The molecule has 4 heteroatoms. The summed E-state index contributed by atoms with van der Waals surface area (Å²) < 4.78 is 6.09. The van der Waals surface area contributed by atoms with Crippen LogP contribution in [-0.2, 0) is 0 Å². The van der Waals surface area contributed by atoms with Crippen LogP contribution in [0, 0.1) is 6.92 Å². The second kappa shape index (κ2) is 4.76. The number of methoxy groups -OCH3 is 1. The molecule has 0 saturated carbocycles. The molecule has 0 aliphatic heterocycles. The molecule has 2 aromatic rings. The van der Waals surface area contributed by atoms with Crippen molar-refractivity contribution < 1.29 is 4.74 Å². The molecule has 3 nitrogen and oxygen atoms in total. The van der Waals surface area contributed by atoms with Gasteiger partial charge in [0.15, 0.2) is 5.43 Å². The maximum Gasteiger partial charge on any atom is 0.194 e. The minimum absolute atomic E-state index is 0.0713. The van der Waals surface area contributed by atoms with Crippen molar-refractivity contribution in [2.45, 2.75) is 26.7 Å². The quantitative estimate of drug-likeness (QED) is 0.918. The Labute approximate surface area is 114 Å². The monoisotopic (exact) mass is 309 g/mol. The fraction of sp³-hybridized carbons (Fsp3) is 0.357. The number of aromatic amines is 1. The zero-order valence-electron chi connectivity index (χ0n) is 10.9. The van der Waals surface area contributed by atoms with Gasteiger partial charge in [-0.1, -0.05) is 13.8 Å². The van der Waals surface area contributed by atoms with Gasteiger partial charge in [0.1, 0.15) is 5.75 Å². The zero-order valence-corrected chi connectivity index (χ0v) is 12.5. The van der Waals surface area contributed by atoms with E-state index in [2.05, 4.69) is 20.9 Å². The smallest absolute Gasteiger partial charge is 0.194 e. The highest BCUT2D eigenvalue weighted by molar-refractivity contribution is 9.10. The van der Waals surface area contributed by atoms with Crippen LogP contribution in [0.25, 0.3) is 10.9 Å². The van der Waals surface area contributed by atoms with Crippen molar-refractivity contribution in [1.29, 1.82) is 0 Å². The number of aromatic nitrogens is 1. The lowest BCUT2D eigenvalue weighted by atomic mass is 9.99. The summed E-state index contributed by atoms with van der Waals surface area (Å²) in [5.74, 6) is 0.875. The van der Waals surface area contributed by atoms with Crippen LogP contribution in [0.3, 0.4) is 0 Å². The van der Waals surface area contributed by atoms with E-state index in [1.54, 1.807) is 7.11 Å². The predicted octanol–water partition coefficient (Wildman–Crippen LogP) is 3.73. The highest BCUT2D eigenvalue weighted by atomic mass is 79.9. The molecular formula is C14H16BrNO2. The SMILES string of the molecule is COc1ccc(Br)c2c(=O)c(C(C)C)c(C)[nH]c12. The fourth-order valence-electron chi connectivity index (χ4n) is 2.33. The van der Waals surface area contributed by atoms with E-state index in [1.165, 1.54) is 0 Å². The van der Waals surface area contributed by atoms with E-state index in [4.69, 9.17) is 4.74 Å². The molecule has 0 fully saturated rings. The molecule has 1 N–H and O–H groups in total. The van der Waals surface area contributed by atoms with Crippen molar-refractivity contribution in [3.63, 3.8) is 0 Å². The van der Waals surface area contributed by atoms with E-state index >= 15 is 0 Å². The average Bonchev–Trinajstić information content (AvgIpc) is 2.28. The number of halogens is 1. The van der Waals surface area contributed by atoms with Crippen molar-refractivity contribution in [3.8, 4) is 5.75 Å². The molecule has 18 heavy (non-hydrogen) atoms. The third kappa shape index (κ3) is 1.94. The van der Waals surface area contributed by atoms with Crippen LogP contribution in [0.5, 0.6) is 5.75 Å². The summed E-state index contributed by atoms with van der Waals surface area (Å²) in [7, 11) is 1.60. The predicted molar refractivity (Wildman–Crippen MR) is 77.6 cm³/mol. The number of benzene rings is 1. The van der Waals surface area contributed by atoms with E-state index < -0.39 is 0 Å². The number of aryl methyl sites for hydroxylation is 1. The van der Waals surface area contributed by atoms with Gasteiger partial charge in [0.2, 0.25) is 0 Å². The first-order valence-electron chi connectivity index (χ1n) is 5.86. The van der Waals surface area contributed by atoms with Crippen molar-refractivity contribution in [2.24, 2.45) is 0 Å². The third-order valence-electron chi connectivity index (χ3n) is 3.10. The van der Waals surface area contributed by atoms with Gasteiger partial charge in [-0.15, -0.1) is 0 Å². The number of rotatable bonds is 2. The highest BCUT2D eigenvalue weighted by Gasteiger charge is 2.16. The topological polar surface area (TPSA) is 42.1 Å². The molecule has 0 radical (unpaired) electrons. The van der Waals surface area contributed by atoms with Crippen LogP contribution in [-0.4, -0.2) is 12.1 Å². The molecule has 0 unspecified atom stereocenters. The number of ether oxygens (including phenoxy) is 1. The van der Waals surface area contributed by atoms with Gasteiger partial charge in [-0.3, -0.25) is 4.79 Å². The molecule has 0 amide bonds. The Bertz CT molecular complexity index is 659. The van der Waals surface area contributed by atoms with Gasteiger partial charge in [-0.2, -0.15) is 0 Å². The first kappa shape index (κ1) is 13.1. The summed E-state index contributed by atoms with van der Waals surface area (Å²) >= 11 is 3.44. The summed E-state index contributed by atoms with van der Waals surface area (Å²) in [4.78, 5) is 15.9. The number of fused-ring (bicyclic) bond motifs is 1. The maximum atomic E-state index is 12.6. The molecule has 96 valence electrons. The lowest BCUT2D eigenvalue weighted by Gasteiger charge is -2.13. The zero-order chi connectivity index (χ0) is 13.4. The van der Waals surface area contributed by atoms with Crippen molar-refractivity contribution >= 4 is 26.8 Å². The second-order valence-corrected chi connectivity index (χ2v) is 5.50. The van der Waals surface area contributed by atoms with Gasteiger partial charge in [0.25, 0.3) is 0 Å². The molecule has 1 heterocycles. The molecule has 0 saturated heterocycles. The summed E-state index contributed by atoms with van der Waals surface area (Å²) in [5, 5.41) is 0.656. The molecule has 0 atom stereocenters. The highest BCUT2D eigenvalue weighted by Crippen LogP contribution is 2.30. The van der Waals surface area contributed by atoms with Gasteiger partial charge in [0, 0.05) is 15.7 Å². The number of hydrogen-bond donors (Lipinski definition) is 1. The van der Waals surface area contributed by atoms with E-state index in [1.807, 2.05) is 32.9 Å². The molecular weight excluding hydrogens is 294 g/mol. The Kier molecular flexibility index (Phi) is 3.48. The first-order chi connectivity index (χ1) is 8.47. The van der Waals surface area contributed by atoms with Crippen LogP contribution in [0.2, 0.25) is 0 Å². The van der Waals surface area contributed by atoms with E-state index in [0.29, 0.717) is 11.1 Å². The number of hydrogen-bond acceptors (Lipinski definition) is 2. The van der Waals surface area contributed by atoms with Crippen LogP contribution in [0.1, 0.15) is 31.0 Å². The van der Waals surface area contributed by atoms with E-state index in [0.717, 1.165) is 21.2 Å². The summed E-state index contributed by atoms with van der Waals surface area (Å²) in [5.41, 5.74) is 2.55. The maximum absolute atomic E-state index is 12.6. The van der Waals surface area contributed by atoms with Gasteiger partial charge in [0.05, 0.1) is 18.0 Å². The lowest BCUT2D eigenvalue weighted by molar-refractivity contribution is 0.418. The Hall–Kier alpha value is -1.29. The molecule has 1 aromatic heterocycles. The van der Waals surface area contributed by atoms with Crippen molar-refractivity contribution in [3.05, 3.63) is 38.1 Å². The van der Waals surface area contributed by atoms with Gasteiger partial charge < -0.3 is 9.72 Å². The Morgan fingerprint density at radius 1 is 1.33 bits per heavy atom. The third-order valence-corrected chi connectivity index (χ3v) is 3.76. The molecule has 0 aliphatic carbocycles. The minimum atomic E-state index is 0.0713. The number of H-pyrrole nitrogens is 1. The largest absolute Gasteiger partial charge is 0.495 e. The van der Waals surface area contributed by atoms with E-state index in [-0.39, 0.29) is 11.3 Å². The fourth-order valence-corrected chi connectivity index (χ4v) is 2.84. The standard InChI is InChI=1S/C14H16BrNO2/c1-7(2)11-8(3)16-13-10(18-4)6-5-9(15)12(13)14(11)17/h5-7H,1-4H3,(H,16,17). The van der Waals surface area contributed by atoms with Gasteiger partial charge in [-0.25, -0.2) is 0 Å². The Balaban J connectivity index is 2.99. The van der Waals surface area contributed by atoms with Crippen LogP contribution < -0.4 is 10.2 Å². The lowest BCUT2D eigenvalue weighted by Crippen LogP contribution is -2.15. The molecule has 0 bridgehead atoms. The second-order valence-electron chi connectivity index (χ2n) is 4.65. The summed E-state index contributed by atoms with van der Waals surface area (Å²) in [6.45, 7) is 5.98. The summed E-state index contributed by atoms with van der Waals surface area (Å²) in [6.07, 6.45) is 0. The van der Waals surface area contributed by atoms with E-state index in [9.17, 15) is 4.79 Å². The number of nitrogens with one attached hydrogen (secondary N) is 1.